The second kappa shape index (κ2) is 8.94. The van der Waals surface area contributed by atoms with E-state index in [1.165, 1.54) is 18.5 Å². The van der Waals surface area contributed by atoms with E-state index in [4.69, 9.17) is 4.74 Å². The van der Waals surface area contributed by atoms with Crippen LogP contribution in [0.3, 0.4) is 0 Å². The van der Waals surface area contributed by atoms with Crippen molar-refractivity contribution in [1.29, 1.82) is 0 Å². The largest absolute Gasteiger partial charge is 0.484 e. The molecule has 1 saturated heterocycles. The fourth-order valence-corrected chi connectivity index (χ4v) is 3.47. The van der Waals surface area contributed by atoms with Gasteiger partial charge in [0.15, 0.2) is 6.61 Å². The molecule has 0 saturated carbocycles. The fraction of sp³-hybridized carbons (Fsp3) is 0.435. The van der Waals surface area contributed by atoms with Crippen molar-refractivity contribution in [2.24, 2.45) is 5.92 Å². The van der Waals surface area contributed by atoms with Crippen LogP contribution in [0.2, 0.25) is 0 Å². The summed E-state index contributed by atoms with van der Waals surface area (Å²) in [7, 11) is 0. The van der Waals surface area contributed by atoms with Gasteiger partial charge in [-0.2, -0.15) is 0 Å². The third-order valence-electron chi connectivity index (χ3n) is 5.37. The van der Waals surface area contributed by atoms with Gasteiger partial charge in [-0.1, -0.05) is 37.3 Å². The Kier molecular flexibility index (Phi) is 6.38. The first-order valence-corrected chi connectivity index (χ1v) is 9.85. The molecule has 1 aliphatic heterocycles. The summed E-state index contributed by atoms with van der Waals surface area (Å²) in [5, 5.41) is 3.01. The van der Waals surface area contributed by atoms with E-state index in [2.05, 4.69) is 41.4 Å². The monoisotopic (exact) mass is 366 g/mol. The second-order valence-electron chi connectivity index (χ2n) is 7.60. The minimum Gasteiger partial charge on any atom is -0.484 e. The average molecular weight is 367 g/mol. The van der Waals surface area contributed by atoms with Crippen molar-refractivity contribution in [3.63, 3.8) is 0 Å². The van der Waals surface area contributed by atoms with Crippen LogP contribution in [0.15, 0.2) is 48.5 Å². The first-order chi connectivity index (χ1) is 13.0. The van der Waals surface area contributed by atoms with E-state index >= 15 is 0 Å². The highest BCUT2D eigenvalue weighted by molar-refractivity contribution is 5.78. The zero-order valence-electron chi connectivity index (χ0n) is 16.6. The molecular formula is C23H30N2O2. The lowest BCUT2D eigenvalue weighted by molar-refractivity contribution is -0.123. The van der Waals surface area contributed by atoms with Gasteiger partial charge in [0.25, 0.3) is 5.91 Å². The number of para-hydroxylation sites is 1. The quantitative estimate of drug-likeness (QED) is 0.819. The van der Waals surface area contributed by atoms with E-state index in [1.807, 2.05) is 38.1 Å². The number of hydrogen-bond acceptors (Lipinski definition) is 3. The Hall–Kier alpha value is -2.49. The van der Waals surface area contributed by atoms with Crippen molar-refractivity contribution in [1.82, 2.24) is 5.32 Å². The third kappa shape index (κ3) is 5.25. The standard InChI is InChI=1S/C23H30N2O2/c1-17-12-14-25(15-13-17)21-10-8-20(9-11-21)19(3)24-23(26)16-27-22-7-5-4-6-18(22)2/h4-11,17,19H,12-16H2,1-3H3,(H,24,26)/t19-/m0/s1. The van der Waals surface area contributed by atoms with Crippen LogP contribution in [0.1, 0.15) is 43.9 Å². The van der Waals surface area contributed by atoms with Crippen LogP contribution < -0.4 is 15.0 Å². The van der Waals surface area contributed by atoms with Gasteiger partial charge >= 0.3 is 0 Å². The van der Waals surface area contributed by atoms with Crippen molar-refractivity contribution >= 4 is 11.6 Å². The summed E-state index contributed by atoms with van der Waals surface area (Å²) in [4.78, 5) is 14.7. The minimum absolute atomic E-state index is 0.0270. The first kappa shape index (κ1) is 19.3. The minimum atomic E-state index is -0.111. The Morgan fingerprint density at radius 3 is 2.48 bits per heavy atom. The summed E-state index contributed by atoms with van der Waals surface area (Å²) in [5.41, 5.74) is 3.40. The van der Waals surface area contributed by atoms with Gasteiger partial charge in [-0.05, 0) is 61.9 Å². The predicted molar refractivity (Wildman–Crippen MR) is 110 cm³/mol. The number of nitrogens with one attached hydrogen (secondary N) is 1. The Morgan fingerprint density at radius 1 is 1.15 bits per heavy atom. The maximum atomic E-state index is 12.2. The number of hydrogen-bond donors (Lipinski definition) is 1. The van der Waals surface area contributed by atoms with Crippen molar-refractivity contribution in [3.8, 4) is 5.75 Å². The molecule has 3 rings (SSSR count). The highest BCUT2D eigenvalue weighted by Crippen LogP contribution is 2.24. The Labute approximate surface area is 162 Å². The van der Waals surface area contributed by atoms with Gasteiger partial charge in [0, 0.05) is 18.8 Å². The maximum Gasteiger partial charge on any atom is 0.258 e. The molecule has 1 heterocycles. The number of amides is 1. The molecule has 1 atom stereocenters. The molecule has 144 valence electrons. The van der Waals surface area contributed by atoms with Crippen LogP contribution in [0.5, 0.6) is 5.75 Å². The number of aryl methyl sites for hydroxylation is 1. The van der Waals surface area contributed by atoms with Crippen molar-refractivity contribution in [2.75, 3.05) is 24.6 Å². The van der Waals surface area contributed by atoms with Crippen LogP contribution in [-0.2, 0) is 4.79 Å². The highest BCUT2D eigenvalue weighted by Gasteiger charge is 2.16. The SMILES string of the molecule is Cc1ccccc1OCC(=O)N[C@@H](C)c1ccc(N2CCC(C)CC2)cc1. The molecule has 2 aromatic rings. The van der Waals surface area contributed by atoms with Gasteiger partial charge < -0.3 is 15.0 Å². The number of ether oxygens (including phenoxy) is 1. The highest BCUT2D eigenvalue weighted by atomic mass is 16.5. The van der Waals surface area contributed by atoms with Crippen LogP contribution in [0, 0.1) is 12.8 Å². The topological polar surface area (TPSA) is 41.6 Å². The van der Waals surface area contributed by atoms with Gasteiger partial charge in [-0.25, -0.2) is 0 Å². The number of nitrogens with zero attached hydrogens (tertiary/aromatic N) is 1. The van der Waals surface area contributed by atoms with E-state index in [1.54, 1.807) is 0 Å². The molecular weight excluding hydrogens is 336 g/mol. The molecule has 0 aromatic heterocycles. The van der Waals surface area contributed by atoms with E-state index in [0.717, 1.165) is 35.9 Å². The summed E-state index contributed by atoms with van der Waals surface area (Å²) in [6.45, 7) is 8.59. The van der Waals surface area contributed by atoms with Gasteiger partial charge in [0.2, 0.25) is 0 Å². The van der Waals surface area contributed by atoms with Crippen LogP contribution in [0.25, 0.3) is 0 Å². The molecule has 0 unspecified atom stereocenters. The number of rotatable bonds is 6. The molecule has 1 fully saturated rings. The Balaban J connectivity index is 1.50. The third-order valence-corrected chi connectivity index (χ3v) is 5.37. The predicted octanol–water partition coefficient (Wildman–Crippen LogP) is 4.49. The molecule has 1 aliphatic rings. The molecule has 0 radical (unpaired) electrons. The maximum absolute atomic E-state index is 12.2. The van der Waals surface area contributed by atoms with E-state index in [-0.39, 0.29) is 18.6 Å². The molecule has 4 heteroatoms. The van der Waals surface area contributed by atoms with Crippen LogP contribution >= 0.6 is 0 Å². The molecule has 2 aromatic carbocycles. The number of anilines is 1. The lowest BCUT2D eigenvalue weighted by Crippen LogP contribution is -2.33. The van der Waals surface area contributed by atoms with E-state index in [9.17, 15) is 4.79 Å². The lowest BCUT2D eigenvalue weighted by atomic mass is 9.98. The van der Waals surface area contributed by atoms with Gasteiger partial charge in [0.1, 0.15) is 5.75 Å². The number of benzene rings is 2. The molecule has 0 aliphatic carbocycles. The van der Waals surface area contributed by atoms with E-state index in [0.29, 0.717) is 0 Å². The average Bonchev–Trinajstić information content (AvgIpc) is 2.68. The Bertz CT molecular complexity index is 749. The summed E-state index contributed by atoms with van der Waals surface area (Å²) < 4.78 is 5.62. The van der Waals surface area contributed by atoms with Crippen LogP contribution in [0.4, 0.5) is 5.69 Å². The number of carbonyl (C=O) groups excluding carboxylic acids is 1. The lowest BCUT2D eigenvalue weighted by Gasteiger charge is -2.32. The number of carbonyl (C=O) groups is 1. The van der Waals surface area contributed by atoms with Crippen molar-refractivity contribution < 1.29 is 9.53 Å². The van der Waals surface area contributed by atoms with Crippen molar-refractivity contribution in [2.45, 2.75) is 39.7 Å². The number of piperidine rings is 1. The van der Waals surface area contributed by atoms with Crippen LogP contribution in [-0.4, -0.2) is 25.6 Å². The molecule has 1 amide bonds. The molecule has 4 nitrogen and oxygen atoms in total. The second-order valence-corrected chi connectivity index (χ2v) is 7.60. The van der Waals surface area contributed by atoms with Gasteiger partial charge in [-0.3, -0.25) is 4.79 Å². The van der Waals surface area contributed by atoms with Gasteiger partial charge in [-0.15, -0.1) is 0 Å². The van der Waals surface area contributed by atoms with Gasteiger partial charge in [0.05, 0.1) is 6.04 Å². The molecule has 27 heavy (non-hydrogen) atoms. The zero-order chi connectivity index (χ0) is 19.2. The normalized spacial score (nSPS) is 16.0. The Morgan fingerprint density at radius 2 is 1.81 bits per heavy atom. The van der Waals surface area contributed by atoms with Crippen molar-refractivity contribution in [3.05, 3.63) is 59.7 Å². The first-order valence-electron chi connectivity index (χ1n) is 9.85. The molecule has 1 N–H and O–H groups in total. The summed E-state index contributed by atoms with van der Waals surface area (Å²) >= 11 is 0. The molecule has 0 spiro atoms. The summed E-state index contributed by atoms with van der Waals surface area (Å²) in [5.74, 6) is 1.47. The van der Waals surface area contributed by atoms with E-state index < -0.39 is 0 Å². The molecule has 0 bridgehead atoms. The summed E-state index contributed by atoms with van der Waals surface area (Å²) in [6.07, 6.45) is 2.52. The zero-order valence-corrected chi connectivity index (χ0v) is 16.6. The summed E-state index contributed by atoms with van der Waals surface area (Å²) in [6, 6.07) is 16.2. The smallest absolute Gasteiger partial charge is 0.258 e. The fourth-order valence-electron chi connectivity index (χ4n) is 3.47.